The first-order valence-corrected chi connectivity index (χ1v) is 12.2. The van der Waals surface area contributed by atoms with Gasteiger partial charge in [-0.25, -0.2) is 8.42 Å². The molecule has 0 aromatic heterocycles. The molecule has 0 radical (unpaired) electrons. The van der Waals surface area contributed by atoms with E-state index < -0.39 is 15.3 Å². The van der Waals surface area contributed by atoms with Gasteiger partial charge in [-0.05, 0) is 54.2 Å². The maximum Gasteiger partial charge on any atom is 0.217 e. The van der Waals surface area contributed by atoms with Crippen LogP contribution in [0.5, 0.6) is 11.5 Å². The molecular formula is C25H35NO5S. The summed E-state index contributed by atoms with van der Waals surface area (Å²) in [5.74, 6) is 1.38. The van der Waals surface area contributed by atoms with Crippen LogP contribution in [0.3, 0.4) is 0 Å². The number of methoxy groups -OCH3 is 3. The van der Waals surface area contributed by atoms with Gasteiger partial charge in [-0.3, -0.25) is 0 Å². The second kappa shape index (κ2) is 12.6. The molecule has 7 heteroatoms. The summed E-state index contributed by atoms with van der Waals surface area (Å²) in [4.78, 5) is 0. The molecule has 6 nitrogen and oxygen atoms in total. The molecule has 0 N–H and O–H groups in total. The van der Waals surface area contributed by atoms with Crippen LogP contribution < -0.4 is 9.47 Å². The number of hydrogen-bond acceptors (Lipinski definition) is 5. The van der Waals surface area contributed by atoms with Crippen LogP contribution in [0.25, 0.3) is 0 Å². The van der Waals surface area contributed by atoms with Gasteiger partial charge in [0.05, 0.1) is 19.5 Å². The Morgan fingerprint density at radius 2 is 1.38 bits per heavy atom. The van der Waals surface area contributed by atoms with E-state index in [0.29, 0.717) is 19.4 Å². The van der Waals surface area contributed by atoms with Crippen molar-refractivity contribution >= 4 is 10.0 Å². The van der Waals surface area contributed by atoms with Gasteiger partial charge in [-0.1, -0.05) is 37.3 Å². The van der Waals surface area contributed by atoms with Crippen LogP contribution in [0.4, 0.5) is 0 Å². The van der Waals surface area contributed by atoms with E-state index in [1.54, 1.807) is 31.7 Å². The molecule has 2 rings (SSSR count). The number of rotatable bonds is 14. The van der Waals surface area contributed by atoms with Gasteiger partial charge in [0.1, 0.15) is 11.5 Å². The van der Waals surface area contributed by atoms with E-state index in [9.17, 15) is 8.42 Å². The minimum absolute atomic E-state index is 0.0816. The van der Waals surface area contributed by atoms with Crippen molar-refractivity contribution in [1.29, 1.82) is 0 Å². The fraction of sp³-hybridized carbons (Fsp3) is 0.440. The summed E-state index contributed by atoms with van der Waals surface area (Å²) in [7, 11) is 1.17. The lowest BCUT2D eigenvalue weighted by atomic mass is 10.0. The SMILES string of the molecule is C=CC[C@H](C)[C@@H](CCOC)S(=O)(=O)N(Cc1ccc(OC)cc1)Cc1ccc(OC)cc1. The Hall–Kier alpha value is -2.35. The highest BCUT2D eigenvalue weighted by atomic mass is 32.2. The van der Waals surface area contributed by atoms with Crippen molar-refractivity contribution < 1.29 is 22.6 Å². The summed E-state index contributed by atoms with van der Waals surface area (Å²) in [6.45, 7) is 6.66. The van der Waals surface area contributed by atoms with E-state index in [1.165, 1.54) is 0 Å². The molecule has 32 heavy (non-hydrogen) atoms. The zero-order chi connectivity index (χ0) is 23.6. The van der Waals surface area contributed by atoms with Crippen LogP contribution in [0.15, 0.2) is 61.2 Å². The van der Waals surface area contributed by atoms with Crippen LogP contribution in [-0.2, 0) is 27.8 Å². The summed E-state index contributed by atoms with van der Waals surface area (Å²) < 4.78 is 45.0. The fourth-order valence-electron chi connectivity index (χ4n) is 3.67. The van der Waals surface area contributed by atoms with Gasteiger partial charge >= 0.3 is 0 Å². The minimum Gasteiger partial charge on any atom is -0.497 e. The number of hydrogen-bond donors (Lipinski definition) is 0. The zero-order valence-electron chi connectivity index (χ0n) is 19.5. The number of nitrogens with zero attached hydrogens (tertiary/aromatic N) is 1. The Labute approximate surface area is 192 Å². The monoisotopic (exact) mass is 461 g/mol. The largest absolute Gasteiger partial charge is 0.497 e. The molecule has 2 atom stereocenters. The molecule has 0 aliphatic carbocycles. The summed E-state index contributed by atoms with van der Waals surface area (Å²) in [5, 5.41) is -0.572. The van der Waals surface area contributed by atoms with E-state index >= 15 is 0 Å². The lowest BCUT2D eigenvalue weighted by Crippen LogP contribution is -2.41. The molecule has 0 bridgehead atoms. The average molecular weight is 462 g/mol. The number of sulfonamides is 1. The van der Waals surface area contributed by atoms with Gasteiger partial charge in [0, 0.05) is 26.8 Å². The first-order valence-electron chi connectivity index (χ1n) is 10.7. The van der Waals surface area contributed by atoms with Crippen LogP contribution in [0, 0.1) is 5.92 Å². The van der Waals surface area contributed by atoms with Gasteiger partial charge in [-0.15, -0.1) is 6.58 Å². The van der Waals surface area contributed by atoms with Crippen molar-refractivity contribution in [1.82, 2.24) is 4.31 Å². The van der Waals surface area contributed by atoms with Gasteiger partial charge in [0.2, 0.25) is 10.0 Å². The Morgan fingerprint density at radius 3 is 1.75 bits per heavy atom. The van der Waals surface area contributed by atoms with E-state index in [4.69, 9.17) is 14.2 Å². The first-order chi connectivity index (χ1) is 15.3. The quantitative estimate of drug-likeness (QED) is 0.383. The van der Waals surface area contributed by atoms with E-state index in [1.807, 2.05) is 55.5 Å². The van der Waals surface area contributed by atoms with Gasteiger partial charge in [0.25, 0.3) is 0 Å². The van der Waals surface area contributed by atoms with Crippen LogP contribution in [0.1, 0.15) is 30.9 Å². The summed E-state index contributed by atoms with van der Waals surface area (Å²) in [5.41, 5.74) is 1.79. The predicted octanol–water partition coefficient (Wildman–Crippen LogP) is 4.65. The predicted molar refractivity (Wildman–Crippen MR) is 128 cm³/mol. The molecule has 0 saturated carbocycles. The standard InChI is InChI=1S/C25H35NO5S/c1-6-7-20(2)25(16-17-29-3)32(27,28)26(18-21-8-12-23(30-4)13-9-21)19-22-10-14-24(31-5)15-11-22/h6,8-15,20,25H,1,7,16-19H2,2-5H3/t20-,25+/m0/s1. The molecule has 0 unspecified atom stereocenters. The first kappa shape index (κ1) is 25.9. The maximum atomic E-state index is 13.9. The third kappa shape index (κ3) is 7.08. The Morgan fingerprint density at radius 1 is 0.906 bits per heavy atom. The highest BCUT2D eigenvalue weighted by Gasteiger charge is 2.35. The summed E-state index contributed by atoms with van der Waals surface area (Å²) in [6, 6.07) is 15.0. The van der Waals surface area contributed by atoms with Crippen molar-refractivity contribution in [2.24, 2.45) is 5.92 Å². The van der Waals surface area contributed by atoms with E-state index in [-0.39, 0.29) is 19.0 Å². The van der Waals surface area contributed by atoms with Gasteiger partial charge in [-0.2, -0.15) is 4.31 Å². The van der Waals surface area contributed by atoms with E-state index in [2.05, 4.69) is 6.58 Å². The average Bonchev–Trinajstić information content (AvgIpc) is 2.80. The molecule has 176 valence electrons. The summed E-state index contributed by atoms with van der Waals surface area (Å²) in [6.07, 6.45) is 2.82. The molecule has 0 fully saturated rings. The van der Waals surface area contributed by atoms with Crippen molar-refractivity contribution in [3.05, 3.63) is 72.3 Å². The molecule has 0 aliphatic heterocycles. The van der Waals surface area contributed by atoms with Crippen LogP contribution in [0.2, 0.25) is 0 Å². The molecule has 0 aliphatic rings. The molecule has 0 heterocycles. The van der Waals surface area contributed by atoms with Crippen molar-refractivity contribution in [3.63, 3.8) is 0 Å². The van der Waals surface area contributed by atoms with Crippen LogP contribution in [-0.4, -0.2) is 45.9 Å². The smallest absolute Gasteiger partial charge is 0.217 e. The third-order valence-electron chi connectivity index (χ3n) is 5.56. The number of benzene rings is 2. The second-order valence-corrected chi connectivity index (χ2v) is 9.98. The number of ether oxygens (including phenoxy) is 3. The van der Waals surface area contributed by atoms with E-state index in [0.717, 1.165) is 22.6 Å². The minimum atomic E-state index is -3.64. The Bertz CT molecular complexity index is 876. The van der Waals surface area contributed by atoms with Crippen molar-refractivity contribution in [3.8, 4) is 11.5 Å². The van der Waals surface area contributed by atoms with Gasteiger partial charge < -0.3 is 14.2 Å². The molecule has 2 aromatic carbocycles. The maximum absolute atomic E-state index is 13.9. The zero-order valence-corrected chi connectivity index (χ0v) is 20.3. The highest BCUT2D eigenvalue weighted by molar-refractivity contribution is 7.89. The van der Waals surface area contributed by atoms with Crippen molar-refractivity contribution in [2.45, 2.75) is 38.1 Å². The highest BCUT2D eigenvalue weighted by Crippen LogP contribution is 2.27. The molecular weight excluding hydrogens is 426 g/mol. The molecule has 0 spiro atoms. The second-order valence-electron chi connectivity index (χ2n) is 7.83. The fourth-order valence-corrected chi connectivity index (χ4v) is 5.81. The normalized spacial score (nSPS) is 13.5. The topological polar surface area (TPSA) is 65.1 Å². The summed E-state index contributed by atoms with van der Waals surface area (Å²) >= 11 is 0. The Kier molecular flexibility index (Phi) is 10.2. The lowest BCUT2D eigenvalue weighted by Gasteiger charge is -2.31. The van der Waals surface area contributed by atoms with Crippen molar-refractivity contribution in [2.75, 3.05) is 27.9 Å². The number of allylic oxidation sites excluding steroid dienone is 1. The van der Waals surface area contributed by atoms with Gasteiger partial charge in [0.15, 0.2) is 0 Å². The molecule has 0 amide bonds. The lowest BCUT2D eigenvalue weighted by molar-refractivity contribution is 0.187. The van der Waals surface area contributed by atoms with Crippen LogP contribution >= 0.6 is 0 Å². The third-order valence-corrected chi connectivity index (χ3v) is 8.00. The molecule has 0 saturated heterocycles. The molecule has 2 aromatic rings. The Balaban J connectivity index is 2.40.